The van der Waals surface area contributed by atoms with Crippen LogP contribution in [0.2, 0.25) is 5.02 Å². The van der Waals surface area contributed by atoms with Crippen molar-refractivity contribution in [1.29, 1.82) is 0 Å². The zero-order valence-corrected chi connectivity index (χ0v) is 18.8. The molecule has 0 saturated carbocycles. The van der Waals surface area contributed by atoms with Crippen molar-refractivity contribution in [3.63, 3.8) is 0 Å². The van der Waals surface area contributed by atoms with E-state index in [0.29, 0.717) is 50.2 Å². The lowest BCUT2D eigenvalue weighted by Gasteiger charge is -2.43. The summed E-state index contributed by atoms with van der Waals surface area (Å²) in [6, 6.07) is 9.00. The normalized spacial score (nSPS) is 21.7. The largest absolute Gasteiger partial charge is 0.420 e. The van der Waals surface area contributed by atoms with Crippen molar-refractivity contribution in [2.24, 2.45) is 16.3 Å². The van der Waals surface area contributed by atoms with Crippen LogP contribution in [0.25, 0.3) is 5.57 Å². The molecule has 33 heavy (non-hydrogen) atoms. The molecule has 2 aromatic rings. The van der Waals surface area contributed by atoms with Crippen molar-refractivity contribution < 1.29 is 13.2 Å². The maximum Gasteiger partial charge on any atom is 0.420 e. The van der Waals surface area contributed by atoms with E-state index in [0.717, 1.165) is 18.1 Å². The third-order valence-corrected chi connectivity index (χ3v) is 7.52. The molecule has 0 amide bonds. The fraction of sp³-hybridized carbons (Fsp3) is 0.417. The minimum atomic E-state index is -4.58. The molecule has 2 aliphatic heterocycles. The number of benzene rings is 1. The summed E-state index contributed by atoms with van der Waals surface area (Å²) in [5.41, 5.74) is 12.2. The van der Waals surface area contributed by atoms with Gasteiger partial charge in [-0.05, 0) is 41.9 Å². The molecular weight excluding hydrogens is 451 g/mol. The van der Waals surface area contributed by atoms with Crippen LogP contribution < -0.4 is 16.1 Å². The number of rotatable bonds is 3. The molecule has 1 spiro atoms. The van der Waals surface area contributed by atoms with E-state index in [1.54, 1.807) is 4.90 Å². The number of hydrazone groups is 1. The van der Waals surface area contributed by atoms with Gasteiger partial charge in [0, 0.05) is 37.7 Å². The second kappa shape index (κ2) is 8.02. The smallest absolute Gasteiger partial charge is 0.356 e. The van der Waals surface area contributed by atoms with Gasteiger partial charge in [0.15, 0.2) is 0 Å². The van der Waals surface area contributed by atoms with Gasteiger partial charge in [-0.15, -0.1) is 0 Å². The molecule has 3 aliphatic rings. The summed E-state index contributed by atoms with van der Waals surface area (Å²) in [4.78, 5) is 6.13. The molecule has 5 nitrogen and oxygen atoms in total. The monoisotopic (exact) mass is 475 g/mol. The van der Waals surface area contributed by atoms with E-state index < -0.39 is 11.7 Å². The number of anilines is 1. The number of alkyl halides is 3. The molecule has 1 aliphatic carbocycles. The topological polar surface area (TPSA) is 66.5 Å². The Morgan fingerprint density at radius 2 is 1.97 bits per heavy atom. The van der Waals surface area contributed by atoms with Crippen LogP contribution >= 0.6 is 11.6 Å². The van der Waals surface area contributed by atoms with Crippen LogP contribution in [0.5, 0.6) is 0 Å². The van der Waals surface area contributed by atoms with E-state index in [2.05, 4.69) is 34.2 Å². The van der Waals surface area contributed by atoms with Gasteiger partial charge in [-0.1, -0.05) is 42.4 Å². The summed E-state index contributed by atoms with van der Waals surface area (Å²) in [6.45, 7) is 5.53. The molecule has 3 heterocycles. The lowest BCUT2D eigenvalue weighted by Crippen LogP contribution is -2.45. The molecular formula is C24H25ClF3N5. The molecule has 3 N–H and O–H groups in total. The van der Waals surface area contributed by atoms with Crippen molar-refractivity contribution in [2.75, 3.05) is 24.5 Å². The third kappa shape index (κ3) is 3.79. The van der Waals surface area contributed by atoms with Crippen molar-refractivity contribution in [2.45, 2.75) is 37.9 Å². The number of allylic oxidation sites excluding steroid dienone is 1. The number of nitrogens with zero attached hydrogens (tertiary/aromatic N) is 3. The number of piperidine rings is 1. The summed E-state index contributed by atoms with van der Waals surface area (Å²) in [7, 11) is 0. The van der Waals surface area contributed by atoms with Crippen LogP contribution in [0.3, 0.4) is 0 Å². The first kappa shape index (κ1) is 22.2. The highest BCUT2D eigenvalue weighted by Crippen LogP contribution is 2.51. The van der Waals surface area contributed by atoms with E-state index >= 15 is 0 Å². The van der Waals surface area contributed by atoms with Crippen molar-refractivity contribution in [3.05, 3.63) is 64.3 Å². The Balaban J connectivity index is 1.45. The van der Waals surface area contributed by atoms with E-state index in [1.807, 2.05) is 12.1 Å². The van der Waals surface area contributed by atoms with Crippen LogP contribution in [0.15, 0.2) is 42.0 Å². The first-order valence-corrected chi connectivity index (χ1v) is 11.4. The highest BCUT2D eigenvalue weighted by Gasteiger charge is 2.47. The number of hydrogen-bond donors (Lipinski definition) is 2. The quantitative estimate of drug-likeness (QED) is 0.658. The fourth-order valence-electron chi connectivity index (χ4n) is 5.35. The zero-order valence-electron chi connectivity index (χ0n) is 18.1. The highest BCUT2D eigenvalue weighted by molar-refractivity contribution is 6.35. The standard InChI is InChI=1S/C24H25ClF3N5/c1-14(19-6-9-30-32-19)20-18(25)12-17(24(26,27)28)22(31-20)33-10-7-23(8-11-33)13-15-4-2-3-5-16(15)21(23)29/h2-5,12,21,30H,1,6-11,13,29H2/t21-/m1/s1. The van der Waals surface area contributed by atoms with Gasteiger partial charge < -0.3 is 16.1 Å². The lowest BCUT2D eigenvalue weighted by molar-refractivity contribution is -0.137. The molecule has 5 rings (SSSR count). The highest BCUT2D eigenvalue weighted by atomic mass is 35.5. The van der Waals surface area contributed by atoms with Crippen LogP contribution in [0, 0.1) is 5.41 Å². The molecule has 1 saturated heterocycles. The van der Waals surface area contributed by atoms with E-state index in [9.17, 15) is 13.2 Å². The Hall–Kier alpha value is -2.58. The Bertz CT molecular complexity index is 1140. The fourth-order valence-corrected chi connectivity index (χ4v) is 5.61. The molecule has 0 unspecified atom stereocenters. The van der Waals surface area contributed by atoms with Gasteiger partial charge in [0.05, 0.1) is 22.0 Å². The summed E-state index contributed by atoms with van der Waals surface area (Å²) in [5.74, 6) is -0.103. The molecule has 0 bridgehead atoms. The average Bonchev–Trinajstić information content (AvgIpc) is 3.41. The Kier molecular flexibility index (Phi) is 5.40. The van der Waals surface area contributed by atoms with Gasteiger partial charge in [0.25, 0.3) is 0 Å². The number of nitrogens with two attached hydrogens (primary N) is 1. The SMILES string of the molecule is C=C(C1=NNCC1)c1nc(N2CCC3(CC2)Cc2ccccc2[C@H]3N)c(C(F)(F)F)cc1Cl. The summed E-state index contributed by atoms with van der Waals surface area (Å²) in [6.07, 6.45) is -1.72. The maximum absolute atomic E-state index is 14.0. The van der Waals surface area contributed by atoms with Crippen LogP contribution in [-0.4, -0.2) is 30.3 Å². The van der Waals surface area contributed by atoms with Gasteiger partial charge in [0.2, 0.25) is 0 Å². The van der Waals surface area contributed by atoms with Crippen molar-refractivity contribution >= 4 is 28.7 Å². The maximum atomic E-state index is 14.0. The first-order chi connectivity index (χ1) is 15.7. The van der Waals surface area contributed by atoms with Gasteiger partial charge in [0.1, 0.15) is 5.82 Å². The Morgan fingerprint density at radius 1 is 1.24 bits per heavy atom. The van der Waals surface area contributed by atoms with Crippen LogP contribution in [0.1, 0.15) is 47.7 Å². The summed E-state index contributed by atoms with van der Waals surface area (Å²) >= 11 is 6.25. The van der Waals surface area contributed by atoms with E-state index in [-0.39, 0.29) is 28.0 Å². The number of pyridine rings is 1. The number of hydrogen-bond acceptors (Lipinski definition) is 5. The zero-order chi connectivity index (χ0) is 23.4. The molecule has 1 fully saturated rings. The predicted molar refractivity (Wildman–Crippen MR) is 124 cm³/mol. The van der Waals surface area contributed by atoms with Gasteiger partial charge in [-0.3, -0.25) is 0 Å². The lowest BCUT2D eigenvalue weighted by atomic mass is 9.73. The van der Waals surface area contributed by atoms with Gasteiger partial charge >= 0.3 is 6.18 Å². The van der Waals surface area contributed by atoms with Crippen molar-refractivity contribution in [3.8, 4) is 0 Å². The van der Waals surface area contributed by atoms with Crippen molar-refractivity contribution in [1.82, 2.24) is 10.4 Å². The number of fused-ring (bicyclic) bond motifs is 1. The minimum Gasteiger partial charge on any atom is -0.356 e. The molecule has 0 radical (unpaired) electrons. The van der Waals surface area contributed by atoms with E-state index in [1.165, 1.54) is 5.56 Å². The number of aromatic nitrogens is 1. The Labute approximate surface area is 195 Å². The number of halogens is 4. The predicted octanol–water partition coefficient (Wildman–Crippen LogP) is 4.96. The Morgan fingerprint density at radius 3 is 2.61 bits per heavy atom. The van der Waals surface area contributed by atoms with Crippen LogP contribution in [-0.2, 0) is 12.6 Å². The van der Waals surface area contributed by atoms with Gasteiger partial charge in [-0.2, -0.15) is 18.3 Å². The average molecular weight is 476 g/mol. The molecule has 1 aromatic carbocycles. The first-order valence-electron chi connectivity index (χ1n) is 11.0. The molecule has 1 aromatic heterocycles. The second-order valence-electron chi connectivity index (χ2n) is 9.09. The summed E-state index contributed by atoms with van der Waals surface area (Å²) < 4.78 is 41.9. The molecule has 1 atom stereocenters. The van der Waals surface area contributed by atoms with Gasteiger partial charge in [-0.25, -0.2) is 4.98 Å². The second-order valence-corrected chi connectivity index (χ2v) is 9.49. The summed E-state index contributed by atoms with van der Waals surface area (Å²) in [5, 5.41) is 4.08. The number of nitrogens with one attached hydrogen (secondary N) is 1. The molecule has 174 valence electrons. The third-order valence-electron chi connectivity index (χ3n) is 7.23. The molecule has 9 heteroatoms. The van der Waals surface area contributed by atoms with E-state index in [4.69, 9.17) is 17.3 Å². The minimum absolute atomic E-state index is 0.0765. The van der Waals surface area contributed by atoms with Crippen LogP contribution in [0.4, 0.5) is 19.0 Å².